The zero-order valence-electron chi connectivity index (χ0n) is 11.0. The van der Waals surface area contributed by atoms with Crippen molar-refractivity contribution in [1.82, 2.24) is 5.32 Å². The molecule has 0 saturated carbocycles. The van der Waals surface area contributed by atoms with Gasteiger partial charge in [0.15, 0.2) is 0 Å². The van der Waals surface area contributed by atoms with Crippen LogP contribution < -0.4 is 10.6 Å². The highest BCUT2D eigenvalue weighted by Crippen LogP contribution is 2.24. The molecule has 104 valence electrons. The Labute approximate surface area is 116 Å². The predicted octanol–water partition coefficient (Wildman–Crippen LogP) is 1.23. The number of aliphatic hydroxyl groups is 1. The predicted molar refractivity (Wildman–Crippen MR) is 76.2 cm³/mol. The van der Waals surface area contributed by atoms with E-state index in [1.165, 1.54) is 18.7 Å². The van der Waals surface area contributed by atoms with Gasteiger partial charge in [-0.1, -0.05) is 0 Å². The third-order valence-corrected chi connectivity index (χ3v) is 3.38. The Bertz CT molecular complexity index is 434. The van der Waals surface area contributed by atoms with Crippen molar-refractivity contribution in [3.05, 3.63) is 24.3 Å². The lowest BCUT2D eigenvalue weighted by molar-refractivity contribution is -0.120. The van der Waals surface area contributed by atoms with Crippen molar-refractivity contribution in [2.75, 3.05) is 18.5 Å². The Balaban J connectivity index is 2.52. The maximum absolute atomic E-state index is 11.6. The van der Waals surface area contributed by atoms with Crippen LogP contribution in [0.1, 0.15) is 13.8 Å². The van der Waals surface area contributed by atoms with Crippen molar-refractivity contribution in [3.8, 4) is 0 Å². The number of thioether (sulfide) groups is 1. The first kappa shape index (κ1) is 15.5. The lowest BCUT2D eigenvalue weighted by atomic mass is 10.3. The molecule has 0 radical (unpaired) electrons. The van der Waals surface area contributed by atoms with Crippen LogP contribution in [0.5, 0.6) is 0 Å². The van der Waals surface area contributed by atoms with Gasteiger partial charge in [0.25, 0.3) is 0 Å². The molecule has 1 atom stereocenters. The molecule has 1 aromatic carbocycles. The molecule has 3 N–H and O–H groups in total. The number of benzene rings is 1. The van der Waals surface area contributed by atoms with Gasteiger partial charge in [-0.25, -0.2) is 0 Å². The van der Waals surface area contributed by atoms with Gasteiger partial charge in [0.05, 0.1) is 11.9 Å². The quantitative estimate of drug-likeness (QED) is 0.686. The molecule has 0 aromatic heterocycles. The van der Waals surface area contributed by atoms with Crippen molar-refractivity contribution in [3.63, 3.8) is 0 Å². The number of nitrogens with one attached hydrogen (secondary N) is 2. The van der Waals surface area contributed by atoms with Gasteiger partial charge in [0.2, 0.25) is 11.8 Å². The number of hydrogen-bond acceptors (Lipinski definition) is 4. The Kier molecular flexibility index (Phi) is 6.38. The number of carbonyl (C=O) groups is 2. The first-order valence-electron chi connectivity index (χ1n) is 5.96. The number of aliphatic hydroxyl groups excluding tert-OH is 1. The highest BCUT2D eigenvalue weighted by molar-refractivity contribution is 8.00. The molecule has 1 unspecified atom stereocenters. The first-order valence-corrected chi connectivity index (χ1v) is 6.83. The molecule has 0 spiro atoms. The summed E-state index contributed by atoms with van der Waals surface area (Å²) in [5.74, 6) is -0.220. The largest absolute Gasteiger partial charge is 0.395 e. The average Bonchev–Trinajstić information content (AvgIpc) is 2.37. The van der Waals surface area contributed by atoms with E-state index in [9.17, 15) is 9.59 Å². The molecular formula is C13H18N2O3S. The summed E-state index contributed by atoms with van der Waals surface area (Å²) in [5, 5.41) is 13.7. The van der Waals surface area contributed by atoms with E-state index < -0.39 is 0 Å². The monoisotopic (exact) mass is 282 g/mol. The van der Waals surface area contributed by atoms with Gasteiger partial charge in [-0.05, 0) is 31.2 Å². The van der Waals surface area contributed by atoms with Crippen LogP contribution >= 0.6 is 11.8 Å². The second-order valence-electron chi connectivity index (χ2n) is 3.98. The van der Waals surface area contributed by atoms with E-state index in [1.807, 2.05) is 12.1 Å². The van der Waals surface area contributed by atoms with Crippen LogP contribution in [-0.4, -0.2) is 35.3 Å². The molecule has 5 nitrogen and oxygen atoms in total. The van der Waals surface area contributed by atoms with E-state index in [0.29, 0.717) is 0 Å². The summed E-state index contributed by atoms with van der Waals surface area (Å²) >= 11 is 1.42. The van der Waals surface area contributed by atoms with Gasteiger partial charge < -0.3 is 15.7 Å². The van der Waals surface area contributed by atoms with Gasteiger partial charge in [-0.2, -0.15) is 0 Å². The highest BCUT2D eigenvalue weighted by Gasteiger charge is 2.13. The van der Waals surface area contributed by atoms with Crippen LogP contribution in [0.3, 0.4) is 0 Å². The van der Waals surface area contributed by atoms with Crippen LogP contribution in [0.2, 0.25) is 0 Å². The van der Waals surface area contributed by atoms with Gasteiger partial charge in [-0.3, -0.25) is 9.59 Å². The maximum atomic E-state index is 11.6. The van der Waals surface area contributed by atoms with Crippen LogP contribution in [0.4, 0.5) is 5.69 Å². The smallest absolute Gasteiger partial charge is 0.233 e. The lowest BCUT2D eigenvalue weighted by Crippen LogP contribution is -2.32. The summed E-state index contributed by atoms with van der Waals surface area (Å²) in [4.78, 5) is 23.4. The summed E-state index contributed by atoms with van der Waals surface area (Å²) in [6.07, 6.45) is 0. The van der Waals surface area contributed by atoms with Crippen LogP contribution in [0, 0.1) is 0 Å². The fourth-order valence-electron chi connectivity index (χ4n) is 1.40. The molecule has 1 aromatic rings. The van der Waals surface area contributed by atoms with E-state index in [-0.39, 0.29) is 30.2 Å². The molecule has 1 rings (SSSR count). The Hall–Kier alpha value is -1.53. The van der Waals surface area contributed by atoms with Crippen LogP contribution in [0.15, 0.2) is 29.2 Å². The normalized spacial score (nSPS) is 11.7. The molecule has 0 aliphatic rings. The molecule has 0 heterocycles. The van der Waals surface area contributed by atoms with Crippen molar-refractivity contribution >= 4 is 29.3 Å². The fraction of sp³-hybridized carbons (Fsp3) is 0.385. The van der Waals surface area contributed by atoms with E-state index in [0.717, 1.165) is 10.6 Å². The lowest BCUT2D eigenvalue weighted by Gasteiger charge is -2.11. The van der Waals surface area contributed by atoms with Gasteiger partial charge >= 0.3 is 0 Å². The number of hydrogen-bond donors (Lipinski definition) is 3. The maximum Gasteiger partial charge on any atom is 0.233 e. The Morgan fingerprint density at radius 2 is 1.95 bits per heavy atom. The van der Waals surface area contributed by atoms with Crippen LogP contribution in [-0.2, 0) is 9.59 Å². The Morgan fingerprint density at radius 3 is 2.47 bits per heavy atom. The number of amides is 2. The number of anilines is 1. The summed E-state index contributed by atoms with van der Waals surface area (Å²) in [7, 11) is 0. The molecule has 19 heavy (non-hydrogen) atoms. The molecule has 0 bridgehead atoms. The summed E-state index contributed by atoms with van der Waals surface area (Å²) < 4.78 is 0. The minimum Gasteiger partial charge on any atom is -0.395 e. The van der Waals surface area contributed by atoms with Gasteiger partial charge in [0, 0.05) is 24.1 Å². The van der Waals surface area contributed by atoms with E-state index >= 15 is 0 Å². The highest BCUT2D eigenvalue weighted by atomic mass is 32.2. The molecular weight excluding hydrogens is 264 g/mol. The summed E-state index contributed by atoms with van der Waals surface area (Å²) in [5.41, 5.74) is 0.731. The molecule has 0 aliphatic heterocycles. The zero-order valence-corrected chi connectivity index (χ0v) is 11.8. The molecule has 0 aliphatic carbocycles. The molecule has 2 amide bonds. The second kappa shape index (κ2) is 7.81. The van der Waals surface area contributed by atoms with E-state index in [1.54, 1.807) is 19.1 Å². The topological polar surface area (TPSA) is 78.4 Å². The first-order chi connectivity index (χ1) is 9.02. The molecule has 0 saturated heterocycles. The van der Waals surface area contributed by atoms with Crippen molar-refractivity contribution in [2.24, 2.45) is 0 Å². The van der Waals surface area contributed by atoms with Crippen LogP contribution in [0.25, 0.3) is 0 Å². The standard InChI is InChI=1S/C13H18N2O3S/c1-9(13(18)14-7-8-16)19-12-5-3-11(4-6-12)15-10(2)17/h3-6,9,16H,7-8H2,1-2H3,(H,14,18)(H,15,17). The Morgan fingerprint density at radius 1 is 1.32 bits per heavy atom. The minimum absolute atomic E-state index is 0.0610. The third-order valence-electron chi connectivity index (χ3n) is 2.27. The molecule has 6 heteroatoms. The number of carbonyl (C=O) groups excluding carboxylic acids is 2. The van der Waals surface area contributed by atoms with Gasteiger partial charge in [0.1, 0.15) is 0 Å². The average molecular weight is 282 g/mol. The van der Waals surface area contributed by atoms with Gasteiger partial charge in [-0.15, -0.1) is 11.8 Å². The van der Waals surface area contributed by atoms with E-state index in [4.69, 9.17) is 5.11 Å². The van der Waals surface area contributed by atoms with Crippen molar-refractivity contribution in [1.29, 1.82) is 0 Å². The minimum atomic E-state index is -0.238. The summed E-state index contributed by atoms with van der Waals surface area (Å²) in [6, 6.07) is 7.29. The molecule has 0 fully saturated rings. The third kappa shape index (κ3) is 5.76. The van der Waals surface area contributed by atoms with Crippen molar-refractivity contribution in [2.45, 2.75) is 24.0 Å². The number of rotatable bonds is 6. The van der Waals surface area contributed by atoms with E-state index in [2.05, 4.69) is 10.6 Å². The fourth-order valence-corrected chi connectivity index (χ4v) is 2.29. The second-order valence-corrected chi connectivity index (χ2v) is 5.39. The summed E-state index contributed by atoms with van der Waals surface area (Å²) in [6.45, 7) is 3.47. The zero-order chi connectivity index (χ0) is 14.3. The van der Waals surface area contributed by atoms with Crippen molar-refractivity contribution < 1.29 is 14.7 Å². The SMILES string of the molecule is CC(=O)Nc1ccc(SC(C)C(=O)NCCO)cc1.